The molecule has 0 saturated carbocycles. The lowest BCUT2D eigenvalue weighted by Crippen LogP contribution is -2.49. The third-order valence-electron chi connectivity index (χ3n) is 2.92. The average molecular weight is 256 g/mol. The van der Waals surface area contributed by atoms with Crippen LogP contribution in [0, 0.1) is 17.8 Å². The molecule has 0 radical (unpaired) electrons. The van der Waals surface area contributed by atoms with Gasteiger partial charge in [-0.25, -0.2) is 0 Å². The number of primary amides is 1. The van der Waals surface area contributed by atoms with Crippen LogP contribution in [-0.4, -0.2) is 17.4 Å². The van der Waals surface area contributed by atoms with Crippen LogP contribution < -0.4 is 11.1 Å². The maximum Gasteiger partial charge on any atom is 0.224 e. The molecule has 0 aromatic carbocycles. The van der Waals surface area contributed by atoms with E-state index in [1.165, 1.54) is 0 Å². The number of carbonyl (C=O) groups excluding carboxylic acids is 2. The Hall–Kier alpha value is -1.06. The summed E-state index contributed by atoms with van der Waals surface area (Å²) in [7, 11) is 0. The topological polar surface area (TPSA) is 72.2 Å². The lowest BCUT2D eigenvalue weighted by atomic mass is 9.79. The van der Waals surface area contributed by atoms with Gasteiger partial charge in [-0.3, -0.25) is 9.59 Å². The molecule has 0 aliphatic carbocycles. The molecule has 0 heterocycles. The molecule has 0 aliphatic heterocycles. The summed E-state index contributed by atoms with van der Waals surface area (Å²) in [6, 6.07) is 0. The zero-order valence-electron chi connectivity index (χ0n) is 12.5. The fourth-order valence-electron chi connectivity index (χ4n) is 2.21. The van der Waals surface area contributed by atoms with E-state index in [2.05, 4.69) is 5.32 Å². The molecular formula is C14H28N2O2. The molecule has 2 atom stereocenters. The second-order valence-corrected chi connectivity index (χ2v) is 6.31. The van der Waals surface area contributed by atoms with Gasteiger partial charge in [0, 0.05) is 11.5 Å². The summed E-state index contributed by atoms with van der Waals surface area (Å²) in [5.41, 5.74) is 5.15. The summed E-state index contributed by atoms with van der Waals surface area (Å²) in [5, 5.41) is 2.95. The van der Waals surface area contributed by atoms with E-state index in [-0.39, 0.29) is 35.1 Å². The molecule has 2 amide bonds. The Labute approximate surface area is 111 Å². The van der Waals surface area contributed by atoms with Gasteiger partial charge in [-0.05, 0) is 33.1 Å². The van der Waals surface area contributed by atoms with E-state index in [1.807, 2.05) is 41.5 Å². The summed E-state index contributed by atoms with van der Waals surface area (Å²) >= 11 is 0. The minimum absolute atomic E-state index is 0.0743. The zero-order valence-corrected chi connectivity index (χ0v) is 12.5. The number of nitrogens with one attached hydrogen (secondary N) is 1. The van der Waals surface area contributed by atoms with Crippen molar-refractivity contribution < 1.29 is 9.59 Å². The number of nitrogens with two attached hydrogens (primary N) is 1. The maximum absolute atomic E-state index is 12.3. The molecule has 0 aliphatic rings. The van der Waals surface area contributed by atoms with Crippen molar-refractivity contribution in [2.24, 2.45) is 23.5 Å². The molecule has 0 aromatic rings. The van der Waals surface area contributed by atoms with Crippen LogP contribution in [0.2, 0.25) is 0 Å². The normalized spacial score (nSPS) is 15.3. The highest BCUT2D eigenvalue weighted by Crippen LogP contribution is 2.26. The quantitative estimate of drug-likeness (QED) is 0.763. The lowest BCUT2D eigenvalue weighted by Gasteiger charge is -2.30. The third kappa shape index (κ3) is 5.52. The summed E-state index contributed by atoms with van der Waals surface area (Å²) in [6.07, 6.45) is 1.51. The number of hydrogen-bond acceptors (Lipinski definition) is 2. The molecule has 0 saturated heterocycles. The van der Waals surface area contributed by atoms with Gasteiger partial charge < -0.3 is 11.1 Å². The molecule has 4 heteroatoms. The summed E-state index contributed by atoms with van der Waals surface area (Å²) in [5.74, 6) is -1.08. The van der Waals surface area contributed by atoms with Gasteiger partial charge in [-0.15, -0.1) is 0 Å². The van der Waals surface area contributed by atoms with Crippen molar-refractivity contribution in [2.45, 2.75) is 59.9 Å². The first-order chi connectivity index (χ1) is 8.10. The smallest absolute Gasteiger partial charge is 0.224 e. The first-order valence-electron chi connectivity index (χ1n) is 6.71. The molecular weight excluding hydrogens is 228 g/mol. The Morgan fingerprint density at radius 3 is 2.00 bits per heavy atom. The van der Waals surface area contributed by atoms with Crippen molar-refractivity contribution in [1.82, 2.24) is 5.32 Å². The molecule has 0 bridgehead atoms. The molecule has 0 spiro atoms. The van der Waals surface area contributed by atoms with Crippen molar-refractivity contribution in [2.75, 3.05) is 0 Å². The molecule has 106 valence electrons. The van der Waals surface area contributed by atoms with E-state index >= 15 is 0 Å². The Kier molecular flexibility index (Phi) is 6.36. The highest BCUT2D eigenvalue weighted by Gasteiger charge is 2.35. The maximum atomic E-state index is 12.3. The highest BCUT2D eigenvalue weighted by atomic mass is 16.2. The largest absolute Gasteiger partial charge is 0.369 e. The Bertz CT molecular complexity index is 293. The van der Waals surface area contributed by atoms with Crippen LogP contribution in [-0.2, 0) is 9.59 Å². The Morgan fingerprint density at radius 2 is 1.72 bits per heavy atom. The summed E-state index contributed by atoms with van der Waals surface area (Å²) < 4.78 is 0. The molecule has 18 heavy (non-hydrogen) atoms. The molecule has 0 fully saturated rings. The van der Waals surface area contributed by atoms with Crippen LogP contribution in [0.5, 0.6) is 0 Å². The van der Waals surface area contributed by atoms with Gasteiger partial charge in [0.15, 0.2) is 0 Å². The Balaban J connectivity index is 5.04. The minimum atomic E-state index is -0.377. The summed E-state index contributed by atoms with van der Waals surface area (Å²) in [4.78, 5) is 23.8. The second kappa shape index (κ2) is 6.76. The minimum Gasteiger partial charge on any atom is -0.369 e. The number of rotatable bonds is 6. The van der Waals surface area contributed by atoms with Crippen molar-refractivity contribution in [3.8, 4) is 0 Å². The molecule has 0 aromatic heterocycles. The van der Waals surface area contributed by atoms with Gasteiger partial charge in [-0.1, -0.05) is 27.2 Å². The standard InChI is InChI=1S/C14H28N2O2/c1-7-8-10(12(15)17)11(9(2)3)13(18)16-14(4,5)6/h9-11H,7-8H2,1-6H3,(H2,15,17)(H,16,18)/t10?,11-/m1/s1. The van der Waals surface area contributed by atoms with Crippen molar-refractivity contribution in [1.29, 1.82) is 0 Å². The molecule has 1 unspecified atom stereocenters. The van der Waals surface area contributed by atoms with E-state index in [4.69, 9.17) is 5.73 Å². The van der Waals surface area contributed by atoms with Gasteiger partial charge >= 0.3 is 0 Å². The van der Waals surface area contributed by atoms with Crippen molar-refractivity contribution in [3.05, 3.63) is 0 Å². The van der Waals surface area contributed by atoms with Crippen LogP contribution >= 0.6 is 0 Å². The number of carbonyl (C=O) groups is 2. The molecule has 4 nitrogen and oxygen atoms in total. The first kappa shape index (κ1) is 16.9. The third-order valence-corrected chi connectivity index (χ3v) is 2.92. The molecule has 0 rings (SSSR count). The monoisotopic (exact) mass is 256 g/mol. The Morgan fingerprint density at radius 1 is 1.22 bits per heavy atom. The second-order valence-electron chi connectivity index (χ2n) is 6.31. The number of hydrogen-bond donors (Lipinski definition) is 2. The van der Waals surface area contributed by atoms with Crippen molar-refractivity contribution >= 4 is 11.8 Å². The van der Waals surface area contributed by atoms with Gasteiger partial charge in [0.25, 0.3) is 0 Å². The predicted octanol–water partition coefficient (Wildman–Crippen LogP) is 2.07. The highest BCUT2D eigenvalue weighted by molar-refractivity contribution is 5.87. The SMILES string of the molecule is CCCC(C(N)=O)[C@H](C(=O)NC(C)(C)C)C(C)C. The van der Waals surface area contributed by atoms with Crippen LogP contribution in [0.25, 0.3) is 0 Å². The van der Waals surface area contributed by atoms with Gasteiger partial charge in [0.05, 0.1) is 5.92 Å². The predicted molar refractivity (Wildman–Crippen MR) is 73.8 cm³/mol. The van der Waals surface area contributed by atoms with Crippen molar-refractivity contribution in [3.63, 3.8) is 0 Å². The van der Waals surface area contributed by atoms with Gasteiger partial charge in [-0.2, -0.15) is 0 Å². The van der Waals surface area contributed by atoms with Gasteiger partial charge in [0.1, 0.15) is 0 Å². The average Bonchev–Trinajstić information content (AvgIpc) is 2.13. The first-order valence-corrected chi connectivity index (χ1v) is 6.71. The lowest BCUT2D eigenvalue weighted by molar-refractivity contribution is -0.136. The van der Waals surface area contributed by atoms with Crippen LogP contribution in [0.3, 0.4) is 0 Å². The van der Waals surface area contributed by atoms with E-state index in [0.29, 0.717) is 6.42 Å². The van der Waals surface area contributed by atoms with E-state index in [9.17, 15) is 9.59 Å². The zero-order chi connectivity index (χ0) is 14.5. The number of amides is 2. The fourth-order valence-corrected chi connectivity index (χ4v) is 2.21. The van der Waals surface area contributed by atoms with Gasteiger partial charge in [0.2, 0.25) is 11.8 Å². The van der Waals surface area contributed by atoms with Crippen LogP contribution in [0.15, 0.2) is 0 Å². The van der Waals surface area contributed by atoms with E-state index in [1.54, 1.807) is 0 Å². The van der Waals surface area contributed by atoms with E-state index < -0.39 is 0 Å². The molecule has 3 N–H and O–H groups in total. The summed E-state index contributed by atoms with van der Waals surface area (Å²) in [6.45, 7) is 11.7. The van der Waals surface area contributed by atoms with Crippen LogP contribution in [0.4, 0.5) is 0 Å². The van der Waals surface area contributed by atoms with E-state index in [0.717, 1.165) is 6.42 Å². The van der Waals surface area contributed by atoms with Crippen LogP contribution in [0.1, 0.15) is 54.4 Å². The fraction of sp³-hybridized carbons (Fsp3) is 0.857.